The summed E-state index contributed by atoms with van der Waals surface area (Å²) in [4.78, 5) is 17.0. The normalized spacial score (nSPS) is 16.2. The van der Waals surface area contributed by atoms with Gasteiger partial charge in [-0.15, -0.1) is 0 Å². The van der Waals surface area contributed by atoms with Crippen LogP contribution in [-0.2, 0) is 16.1 Å². The van der Waals surface area contributed by atoms with Crippen molar-refractivity contribution in [3.8, 4) is 0 Å². The molecule has 1 amide bonds. The van der Waals surface area contributed by atoms with Crippen LogP contribution >= 0.6 is 0 Å². The molecule has 1 heterocycles. The second-order valence-corrected chi connectivity index (χ2v) is 7.81. The fourth-order valence-electron chi connectivity index (χ4n) is 3.29. The summed E-state index contributed by atoms with van der Waals surface area (Å²) in [5, 5.41) is 3.04. The second-order valence-electron chi connectivity index (χ2n) is 7.81. The maximum absolute atomic E-state index is 14.1. The Kier molecular flexibility index (Phi) is 7.01. The molecule has 1 aromatic carbocycles. The molecule has 0 aromatic heterocycles. The fourth-order valence-corrected chi connectivity index (χ4v) is 3.29. The van der Waals surface area contributed by atoms with Gasteiger partial charge in [-0.05, 0) is 31.9 Å². The summed E-state index contributed by atoms with van der Waals surface area (Å²) in [5.41, 5.74) is 0.920. The topological polar surface area (TPSA) is 44.8 Å². The number of halogens is 1. The van der Waals surface area contributed by atoms with Crippen LogP contribution in [0.15, 0.2) is 18.2 Å². The predicted octanol–water partition coefficient (Wildman–Crippen LogP) is 2.64. The van der Waals surface area contributed by atoms with Crippen molar-refractivity contribution < 1.29 is 13.9 Å². The van der Waals surface area contributed by atoms with E-state index in [2.05, 4.69) is 29.0 Å². The van der Waals surface area contributed by atoms with Crippen molar-refractivity contribution in [1.29, 1.82) is 0 Å². The number of nitrogens with one attached hydrogen (secondary N) is 1. The van der Waals surface area contributed by atoms with Gasteiger partial charge in [-0.25, -0.2) is 4.39 Å². The Bertz CT molecular complexity index is 611. The molecule has 1 N–H and O–H groups in total. The Hall–Kier alpha value is -1.66. The monoisotopic (exact) mass is 365 g/mol. The van der Waals surface area contributed by atoms with Gasteiger partial charge in [-0.3, -0.25) is 9.69 Å². The molecular weight excluding hydrogens is 333 g/mol. The number of amides is 1. The average molecular weight is 365 g/mol. The van der Waals surface area contributed by atoms with Gasteiger partial charge < -0.3 is 15.0 Å². The molecule has 1 saturated heterocycles. The average Bonchev–Trinajstić information content (AvgIpc) is 2.61. The lowest BCUT2D eigenvalue weighted by molar-refractivity contribution is -0.132. The van der Waals surface area contributed by atoms with Crippen LogP contribution in [0, 0.1) is 11.7 Å². The van der Waals surface area contributed by atoms with Gasteiger partial charge in [0.25, 0.3) is 0 Å². The van der Waals surface area contributed by atoms with E-state index < -0.39 is 5.54 Å². The van der Waals surface area contributed by atoms with E-state index in [-0.39, 0.29) is 18.3 Å². The van der Waals surface area contributed by atoms with Crippen molar-refractivity contribution in [3.05, 3.63) is 29.6 Å². The van der Waals surface area contributed by atoms with Crippen LogP contribution in [0.2, 0.25) is 0 Å². The molecule has 1 aliphatic rings. The van der Waals surface area contributed by atoms with E-state index in [9.17, 15) is 9.18 Å². The molecule has 0 saturated carbocycles. The first-order valence-electron chi connectivity index (χ1n) is 9.32. The van der Waals surface area contributed by atoms with Crippen molar-refractivity contribution in [2.75, 3.05) is 44.7 Å². The number of anilines is 1. The van der Waals surface area contributed by atoms with Crippen LogP contribution in [-0.4, -0.2) is 56.2 Å². The van der Waals surface area contributed by atoms with Gasteiger partial charge in [-0.1, -0.05) is 19.9 Å². The summed E-state index contributed by atoms with van der Waals surface area (Å²) in [5.74, 6) is 0.254. The van der Waals surface area contributed by atoms with E-state index >= 15 is 0 Å². The smallest absolute Gasteiger partial charge is 0.239 e. The van der Waals surface area contributed by atoms with E-state index in [1.54, 1.807) is 13.2 Å². The lowest BCUT2D eigenvalue weighted by Crippen LogP contribution is -2.61. The molecule has 146 valence electrons. The number of benzene rings is 1. The lowest BCUT2D eigenvalue weighted by atomic mass is 9.99. The zero-order valence-electron chi connectivity index (χ0n) is 16.6. The highest BCUT2D eigenvalue weighted by molar-refractivity contribution is 5.85. The predicted molar refractivity (Wildman–Crippen MR) is 103 cm³/mol. The molecule has 26 heavy (non-hydrogen) atoms. The number of ether oxygens (including phenoxy) is 1. The quantitative estimate of drug-likeness (QED) is 0.807. The minimum Gasteiger partial charge on any atom is -0.380 e. The third-order valence-corrected chi connectivity index (χ3v) is 5.02. The molecule has 0 radical (unpaired) electrons. The van der Waals surface area contributed by atoms with Gasteiger partial charge >= 0.3 is 0 Å². The maximum atomic E-state index is 14.1. The van der Waals surface area contributed by atoms with Crippen LogP contribution < -0.4 is 10.2 Å². The number of rotatable bonds is 7. The number of hydrogen-bond donors (Lipinski definition) is 1. The van der Waals surface area contributed by atoms with Gasteiger partial charge in [0.2, 0.25) is 5.91 Å². The summed E-state index contributed by atoms with van der Waals surface area (Å²) in [6, 6.07) is 5.14. The molecule has 0 spiro atoms. The van der Waals surface area contributed by atoms with E-state index in [0.717, 1.165) is 31.9 Å². The number of carbonyl (C=O) groups excluding carboxylic acids is 1. The Balaban J connectivity index is 2.03. The third kappa shape index (κ3) is 4.74. The first kappa shape index (κ1) is 20.6. The first-order valence-corrected chi connectivity index (χ1v) is 9.32. The van der Waals surface area contributed by atoms with Crippen molar-refractivity contribution in [3.63, 3.8) is 0 Å². The highest BCUT2D eigenvalue weighted by Gasteiger charge is 2.36. The summed E-state index contributed by atoms with van der Waals surface area (Å²) < 4.78 is 19.3. The van der Waals surface area contributed by atoms with Gasteiger partial charge in [0.05, 0.1) is 12.1 Å². The Morgan fingerprint density at radius 2 is 1.92 bits per heavy atom. The van der Waals surface area contributed by atoms with Gasteiger partial charge in [0.1, 0.15) is 5.82 Å². The lowest BCUT2D eigenvalue weighted by Gasteiger charge is -2.44. The number of methoxy groups -OCH3 is 1. The van der Waals surface area contributed by atoms with Crippen molar-refractivity contribution in [2.45, 2.75) is 39.8 Å². The molecule has 0 aliphatic carbocycles. The first-order chi connectivity index (χ1) is 12.3. The third-order valence-electron chi connectivity index (χ3n) is 5.02. The summed E-state index contributed by atoms with van der Waals surface area (Å²) in [6.45, 7) is 12.1. The molecule has 0 atom stereocenters. The van der Waals surface area contributed by atoms with Crippen molar-refractivity contribution in [2.24, 2.45) is 5.92 Å². The number of hydrogen-bond acceptors (Lipinski definition) is 4. The van der Waals surface area contributed by atoms with Crippen LogP contribution in [0.25, 0.3) is 0 Å². The van der Waals surface area contributed by atoms with Gasteiger partial charge in [0, 0.05) is 51.1 Å². The van der Waals surface area contributed by atoms with E-state index in [4.69, 9.17) is 4.74 Å². The van der Waals surface area contributed by atoms with E-state index in [0.29, 0.717) is 18.0 Å². The SMILES string of the molecule is COCc1c(F)cccc1N1CCN(C(C)(C)C(=O)NCC(C)C)CC1. The number of piperazine rings is 1. The maximum Gasteiger partial charge on any atom is 0.239 e. The van der Waals surface area contributed by atoms with Crippen LogP contribution in [0.4, 0.5) is 10.1 Å². The number of carbonyl (C=O) groups is 1. The van der Waals surface area contributed by atoms with E-state index in [1.165, 1.54) is 6.07 Å². The van der Waals surface area contributed by atoms with E-state index in [1.807, 2.05) is 19.9 Å². The fraction of sp³-hybridized carbons (Fsp3) is 0.650. The molecular formula is C20H32FN3O2. The molecule has 1 fully saturated rings. The molecule has 1 aromatic rings. The van der Waals surface area contributed by atoms with Crippen molar-refractivity contribution >= 4 is 11.6 Å². The molecule has 2 rings (SSSR count). The zero-order valence-corrected chi connectivity index (χ0v) is 16.6. The Labute approximate surface area is 156 Å². The Morgan fingerprint density at radius 1 is 1.27 bits per heavy atom. The molecule has 6 heteroatoms. The standard InChI is InChI=1S/C20H32FN3O2/c1-15(2)13-22-19(25)20(3,4)24-11-9-23(10-12-24)18-8-6-7-17(21)16(18)14-26-5/h6-8,15H,9-14H2,1-5H3,(H,22,25). The minimum atomic E-state index is -0.557. The molecule has 1 aliphatic heterocycles. The van der Waals surface area contributed by atoms with Gasteiger partial charge in [0.15, 0.2) is 0 Å². The number of nitrogens with zero attached hydrogens (tertiary/aromatic N) is 2. The summed E-state index contributed by atoms with van der Waals surface area (Å²) in [6.07, 6.45) is 0. The van der Waals surface area contributed by atoms with Crippen LogP contribution in [0.1, 0.15) is 33.3 Å². The largest absolute Gasteiger partial charge is 0.380 e. The molecule has 5 nitrogen and oxygen atoms in total. The van der Waals surface area contributed by atoms with Crippen molar-refractivity contribution in [1.82, 2.24) is 10.2 Å². The van der Waals surface area contributed by atoms with Crippen LogP contribution in [0.3, 0.4) is 0 Å². The van der Waals surface area contributed by atoms with Gasteiger partial charge in [-0.2, -0.15) is 0 Å². The highest BCUT2D eigenvalue weighted by Crippen LogP contribution is 2.27. The summed E-state index contributed by atoms with van der Waals surface area (Å²) >= 11 is 0. The highest BCUT2D eigenvalue weighted by atomic mass is 19.1. The van der Waals surface area contributed by atoms with Crippen LogP contribution in [0.5, 0.6) is 0 Å². The molecule has 0 bridgehead atoms. The molecule has 0 unspecified atom stereocenters. The Morgan fingerprint density at radius 3 is 2.50 bits per heavy atom. The summed E-state index contributed by atoms with van der Waals surface area (Å²) in [7, 11) is 1.58. The second kappa shape index (κ2) is 8.82. The minimum absolute atomic E-state index is 0.0606. The zero-order chi connectivity index (χ0) is 19.3.